The third-order valence-corrected chi connectivity index (χ3v) is 4.23. The molecule has 1 saturated heterocycles. The Morgan fingerprint density at radius 3 is 3.04 bits per heavy atom. The van der Waals surface area contributed by atoms with Crippen molar-refractivity contribution in [3.8, 4) is 5.75 Å². The minimum Gasteiger partial charge on any atom is -0.508 e. The number of nitrogens with one attached hydrogen (secondary N) is 1. The molecule has 1 fully saturated rings. The van der Waals surface area contributed by atoms with Crippen LogP contribution in [0.15, 0.2) is 24.3 Å². The second kappa shape index (κ2) is 7.12. The molecule has 3 rings (SSSR count). The van der Waals surface area contributed by atoms with Gasteiger partial charge in [0.1, 0.15) is 17.3 Å². The summed E-state index contributed by atoms with van der Waals surface area (Å²) in [5.41, 5.74) is 7.52. The van der Waals surface area contributed by atoms with E-state index < -0.39 is 0 Å². The second-order valence-electron chi connectivity index (χ2n) is 6.05. The predicted molar refractivity (Wildman–Crippen MR) is 95.5 cm³/mol. The fraction of sp³-hybridized carbons (Fsp3) is 0.412. The van der Waals surface area contributed by atoms with Crippen molar-refractivity contribution in [2.75, 3.05) is 44.0 Å². The Morgan fingerprint density at radius 1 is 1.48 bits per heavy atom. The van der Waals surface area contributed by atoms with Crippen LogP contribution >= 0.6 is 0 Å². The molecule has 1 aromatic carbocycles. The van der Waals surface area contributed by atoms with Crippen molar-refractivity contribution < 1.29 is 14.6 Å². The zero-order chi connectivity index (χ0) is 18.0. The summed E-state index contributed by atoms with van der Waals surface area (Å²) >= 11 is 0. The number of aryl methyl sites for hydroxylation is 1. The molecule has 2 heterocycles. The Hall–Kier alpha value is -2.58. The van der Waals surface area contributed by atoms with Crippen molar-refractivity contribution >= 4 is 17.2 Å². The van der Waals surface area contributed by atoms with E-state index in [1.165, 1.54) is 12.1 Å². The number of ether oxygens (including phenoxy) is 2. The largest absolute Gasteiger partial charge is 0.508 e. The summed E-state index contributed by atoms with van der Waals surface area (Å²) in [4.78, 5) is 2.17. The topological polar surface area (TPSA) is 110 Å². The number of phenolic OH excluding ortho intramolecular Hbond substituents is 1. The summed E-state index contributed by atoms with van der Waals surface area (Å²) < 4.78 is 12.6. The van der Waals surface area contributed by atoms with E-state index in [4.69, 9.17) is 20.6 Å². The Kier molecular flexibility index (Phi) is 4.91. The van der Waals surface area contributed by atoms with Gasteiger partial charge in [0.15, 0.2) is 0 Å². The van der Waals surface area contributed by atoms with Crippen LogP contribution in [-0.4, -0.2) is 60.1 Å². The van der Waals surface area contributed by atoms with Gasteiger partial charge in [-0.05, 0) is 18.2 Å². The van der Waals surface area contributed by atoms with Gasteiger partial charge in [-0.1, -0.05) is 0 Å². The molecule has 0 bridgehead atoms. The number of aromatic hydroxyl groups is 1. The number of anilines is 2. The molecular weight excluding hydrogens is 322 g/mol. The van der Waals surface area contributed by atoms with Gasteiger partial charge in [0.2, 0.25) is 0 Å². The van der Waals surface area contributed by atoms with E-state index in [9.17, 15) is 5.11 Å². The first-order valence-corrected chi connectivity index (χ1v) is 8.07. The molecule has 2 aromatic rings. The maximum Gasteiger partial charge on any atom is 0.127 e. The Morgan fingerprint density at radius 2 is 2.28 bits per heavy atom. The third-order valence-electron chi connectivity index (χ3n) is 4.23. The summed E-state index contributed by atoms with van der Waals surface area (Å²) in [7, 11) is 3.50. The van der Waals surface area contributed by atoms with Crippen LogP contribution in [-0.2, 0) is 16.5 Å². The van der Waals surface area contributed by atoms with Crippen LogP contribution in [0.2, 0.25) is 0 Å². The van der Waals surface area contributed by atoms with Crippen molar-refractivity contribution in [3.05, 3.63) is 35.5 Å². The molecule has 0 saturated carbocycles. The molecule has 1 aliphatic heterocycles. The highest BCUT2D eigenvalue weighted by atomic mass is 16.5. The minimum atomic E-state index is 0.0123. The average Bonchev–Trinajstić information content (AvgIpc) is 2.99. The lowest BCUT2D eigenvalue weighted by atomic mass is 10.1. The quantitative estimate of drug-likeness (QED) is 0.423. The van der Waals surface area contributed by atoms with Crippen LogP contribution in [0.5, 0.6) is 5.75 Å². The van der Waals surface area contributed by atoms with Gasteiger partial charge in [0.05, 0.1) is 25.0 Å². The number of methoxy groups -OCH3 is 1. The number of hydrogen-bond acceptors (Lipinski definition) is 7. The monoisotopic (exact) mass is 345 g/mol. The molecule has 134 valence electrons. The lowest BCUT2D eigenvalue weighted by Gasteiger charge is -2.33. The van der Waals surface area contributed by atoms with Gasteiger partial charge in [0.25, 0.3) is 0 Å². The highest BCUT2D eigenvalue weighted by Gasteiger charge is 2.24. The number of phenols is 1. The van der Waals surface area contributed by atoms with Crippen molar-refractivity contribution in [1.29, 1.82) is 5.41 Å². The summed E-state index contributed by atoms with van der Waals surface area (Å²) in [6.07, 6.45) is 0.0123. The summed E-state index contributed by atoms with van der Waals surface area (Å²) in [6.45, 7) is 2.61. The van der Waals surface area contributed by atoms with Gasteiger partial charge < -0.3 is 25.2 Å². The summed E-state index contributed by atoms with van der Waals surface area (Å²) in [5.74, 6) is 0.976. The maximum atomic E-state index is 9.66. The molecule has 0 aliphatic carbocycles. The van der Waals surface area contributed by atoms with Gasteiger partial charge in [-0.15, -0.1) is 0 Å². The van der Waals surface area contributed by atoms with Crippen molar-refractivity contribution in [3.63, 3.8) is 0 Å². The van der Waals surface area contributed by atoms with Crippen LogP contribution in [0.4, 0.5) is 11.5 Å². The number of hydrogen-bond donors (Lipinski definition) is 3. The van der Waals surface area contributed by atoms with E-state index >= 15 is 0 Å². The molecule has 8 nitrogen and oxygen atoms in total. The Balaban J connectivity index is 1.84. The molecule has 1 aromatic heterocycles. The molecule has 0 radical (unpaired) electrons. The van der Waals surface area contributed by atoms with Gasteiger partial charge >= 0.3 is 0 Å². The van der Waals surface area contributed by atoms with E-state index in [1.807, 2.05) is 13.1 Å². The van der Waals surface area contributed by atoms with E-state index in [0.29, 0.717) is 36.7 Å². The molecule has 1 unspecified atom stereocenters. The first kappa shape index (κ1) is 17.2. The Labute approximate surface area is 146 Å². The van der Waals surface area contributed by atoms with E-state index in [-0.39, 0.29) is 17.6 Å². The first-order valence-electron chi connectivity index (χ1n) is 8.07. The molecule has 0 spiro atoms. The SMILES string of the molecule is COCC1CN(c2cc(C(=N)c3cc(O)ccc3N)nn2C)CCO1. The fourth-order valence-electron chi connectivity index (χ4n) is 2.99. The van der Waals surface area contributed by atoms with Gasteiger partial charge in [-0.25, -0.2) is 0 Å². The number of morpholine rings is 1. The zero-order valence-electron chi connectivity index (χ0n) is 14.4. The highest BCUT2D eigenvalue weighted by Crippen LogP contribution is 2.24. The van der Waals surface area contributed by atoms with E-state index in [0.717, 1.165) is 12.4 Å². The normalized spacial score (nSPS) is 17.7. The summed E-state index contributed by atoms with van der Waals surface area (Å²) in [5, 5.41) is 22.5. The first-order chi connectivity index (χ1) is 12.0. The smallest absolute Gasteiger partial charge is 0.127 e. The molecule has 1 aliphatic rings. The van der Waals surface area contributed by atoms with Crippen LogP contribution in [0.1, 0.15) is 11.3 Å². The van der Waals surface area contributed by atoms with Crippen LogP contribution in [0.3, 0.4) is 0 Å². The number of rotatable bonds is 5. The number of aromatic nitrogens is 2. The number of benzene rings is 1. The maximum absolute atomic E-state index is 9.66. The van der Waals surface area contributed by atoms with Crippen LogP contribution in [0.25, 0.3) is 0 Å². The molecule has 8 heteroatoms. The zero-order valence-corrected chi connectivity index (χ0v) is 14.4. The predicted octanol–water partition coefficient (Wildman–Crippen LogP) is 0.976. The number of nitrogen functional groups attached to an aromatic ring is 1. The lowest BCUT2D eigenvalue weighted by molar-refractivity contribution is -0.0103. The number of nitrogens with two attached hydrogens (primary N) is 1. The Bertz CT molecular complexity index is 772. The van der Waals surface area contributed by atoms with Crippen LogP contribution < -0.4 is 10.6 Å². The van der Waals surface area contributed by atoms with E-state index in [2.05, 4.69) is 10.00 Å². The van der Waals surface area contributed by atoms with Crippen molar-refractivity contribution in [2.45, 2.75) is 6.10 Å². The molecule has 25 heavy (non-hydrogen) atoms. The fourth-order valence-corrected chi connectivity index (χ4v) is 2.99. The number of nitrogens with zero attached hydrogens (tertiary/aromatic N) is 3. The van der Waals surface area contributed by atoms with Crippen LogP contribution in [0, 0.1) is 5.41 Å². The lowest BCUT2D eigenvalue weighted by Crippen LogP contribution is -2.45. The highest BCUT2D eigenvalue weighted by molar-refractivity contribution is 6.13. The van der Waals surface area contributed by atoms with Gasteiger partial charge in [-0.3, -0.25) is 10.1 Å². The molecule has 4 N–H and O–H groups in total. The molecule has 0 amide bonds. The molecular formula is C17H23N5O3. The second-order valence-corrected chi connectivity index (χ2v) is 6.05. The average molecular weight is 345 g/mol. The minimum absolute atomic E-state index is 0.0123. The van der Waals surface area contributed by atoms with Gasteiger partial charge in [-0.2, -0.15) is 5.10 Å². The van der Waals surface area contributed by atoms with Crippen molar-refractivity contribution in [1.82, 2.24) is 9.78 Å². The molecule has 1 atom stereocenters. The van der Waals surface area contributed by atoms with E-state index in [1.54, 1.807) is 17.9 Å². The van der Waals surface area contributed by atoms with Crippen molar-refractivity contribution in [2.24, 2.45) is 7.05 Å². The third kappa shape index (κ3) is 3.59. The van der Waals surface area contributed by atoms with Gasteiger partial charge in [0, 0.05) is 44.6 Å². The standard InChI is InChI=1S/C17H23N5O3/c1-21-16(22-5-6-25-12(9-22)10-24-2)8-15(20-21)17(19)13-7-11(23)3-4-14(13)18/h3-4,7-8,12,19,23H,5-6,9-10,18H2,1-2H3. The summed E-state index contributed by atoms with van der Waals surface area (Å²) in [6, 6.07) is 6.43.